The Bertz CT molecular complexity index is 385. The van der Waals surface area contributed by atoms with Crippen molar-refractivity contribution in [1.82, 2.24) is 9.80 Å². The monoisotopic (exact) mass is 265 g/mol. The largest absolute Gasteiger partial charge is 0.368 e. The van der Waals surface area contributed by atoms with Crippen LogP contribution in [0.15, 0.2) is 0 Å². The molecule has 2 aliphatic rings. The molecule has 2 amide bonds. The molecule has 0 aromatic rings. The van der Waals surface area contributed by atoms with Gasteiger partial charge in [-0.05, 0) is 19.3 Å². The van der Waals surface area contributed by atoms with Gasteiger partial charge in [0.05, 0.1) is 6.07 Å². The zero-order valence-corrected chi connectivity index (χ0v) is 11.0. The summed E-state index contributed by atoms with van der Waals surface area (Å²) >= 11 is 0. The van der Waals surface area contributed by atoms with Gasteiger partial charge < -0.3 is 14.5 Å². The van der Waals surface area contributed by atoms with Crippen LogP contribution in [0.1, 0.15) is 25.7 Å². The fraction of sp³-hybridized carbons (Fsp3) is 0.769. The van der Waals surface area contributed by atoms with Gasteiger partial charge in [0.1, 0.15) is 12.5 Å². The first kappa shape index (κ1) is 13.8. The summed E-state index contributed by atoms with van der Waals surface area (Å²) in [4.78, 5) is 27.3. The molecule has 104 valence electrons. The number of hydrogen-bond acceptors (Lipinski definition) is 4. The van der Waals surface area contributed by atoms with Crippen molar-refractivity contribution in [1.29, 1.82) is 5.26 Å². The van der Waals surface area contributed by atoms with Crippen LogP contribution in [0.4, 0.5) is 0 Å². The summed E-state index contributed by atoms with van der Waals surface area (Å²) in [6.07, 6.45) is 2.13. The Morgan fingerprint density at radius 1 is 1.16 bits per heavy atom. The maximum absolute atomic E-state index is 12.2. The molecule has 0 spiro atoms. The molecule has 2 fully saturated rings. The average Bonchev–Trinajstić information content (AvgIpc) is 2.82. The minimum atomic E-state index is -0.290. The van der Waals surface area contributed by atoms with Gasteiger partial charge in [-0.3, -0.25) is 9.59 Å². The van der Waals surface area contributed by atoms with Crippen LogP contribution < -0.4 is 0 Å². The highest BCUT2D eigenvalue weighted by atomic mass is 16.5. The summed E-state index contributed by atoms with van der Waals surface area (Å²) in [6, 6.07) is 1.87. The highest BCUT2D eigenvalue weighted by Crippen LogP contribution is 2.16. The molecule has 1 unspecified atom stereocenters. The van der Waals surface area contributed by atoms with E-state index in [0.29, 0.717) is 32.8 Å². The maximum Gasteiger partial charge on any atom is 0.251 e. The van der Waals surface area contributed by atoms with Crippen molar-refractivity contribution in [2.24, 2.45) is 0 Å². The van der Waals surface area contributed by atoms with Crippen molar-refractivity contribution in [2.45, 2.75) is 31.8 Å². The van der Waals surface area contributed by atoms with E-state index in [4.69, 9.17) is 10.00 Å². The van der Waals surface area contributed by atoms with Gasteiger partial charge in [0, 0.05) is 32.8 Å². The second-order valence-electron chi connectivity index (χ2n) is 4.90. The Kier molecular flexibility index (Phi) is 4.74. The van der Waals surface area contributed by atoms with E-state index in [1.165, 1.54) is 0 Å². The van der Waals surface area contributed by atoms with Crippen molar-refractivity contribution < 1.29 is 14.3 Å². The first-order valence-electron chi connectivity index (χ1n) is 6.77. The van der Waals surface area contributed by atoms with E-state index in [2.05, 4.69) is 0 Å². The molecule has 0 N–H and O–H groups in total. The molecule has 2 rings (SSSR count). The Hall–Kier alpha value is -1.61. The number of carbonyl (C=O) groups is 2. The molecule has 6 heteroatoms. The fourth-order valence-corrected chi connectivity index (χ4v) is 2.54. The van der Waals surface area contributed by atoms with E-state index < -0.39 is 0 Å². The molecule has 2 saturated heterocycles. The van der Waals surface area contributed by atoms with Crippen LogP contribution in [-0.2, 0) is 14.3 Å². The van der Waals surface area contributed by atoms with Crippen molar-refractivity contribution in [3.8, 4) is 6.07 Å². The summed E-state index contributed by atoms with van der Waals surface area (Å²) < 4.78 is 5.41. The van der Waals surface area contributed by atoms with Crippen LogP contribution >= 0.6 is 0 Å². The lowest BCUT2D eigenvalue weighted by atomic mass is 10.2. The number of hydrogen-bond donors (Lipinski definition) is 0. The van der Waals surface area contributed by atoms with Gasteiger partial charge in [-0.2, -0.15) is 5.26 Å². The molecule has 0 aliphatic carbocycles. The molecule has 0 saturated carbocycles. The van der Waals surface area contributed by atoms with Gasteiger partial charge in [-0.15, -0.1) is 0 Å². The molecule has 1 atom stereocenters. The summed E-state index contributed by atoms with van der Waals surface area (Å²) in [7, 11) is 0. The topological polar surface area (TPSA) is 73.6 Å². The average molecular weight is 265 g/mol. The zero-order chi connectivity index (χ0) is 13.7. The SMILES string of the molecule is N#CCC(=O)N1CCCN(C(=O)C2CCCO2)CC1. The number of carbonyl (C=O) groups excluding carboxylic acids is 2. The highest BCUT2D eigenvalue weighted by Gasteiger charge is 2.29. The smallest absolute Gasteiger partial charge is 0.251 e. The van der Waals surface area contributed by atoms with Gasteiger partial charge in [0.15, 0.2) is 0 Å². The van der Waals surface area contributed by atoms with E-state index in [0.717, 1.165) is 19.3 Å². The molecule has 0 aromatic carbocycles. The molecule has 19 heavy (non-hydrogen) atoms. The van der Waals surface area contributed by atoms with Gasteiger partial charge in [0.2, 0.25) is 5.91 Å². The van der Waals surface area contributed by atoms with Crippen molar-refractivity contribution in [3.05, 3.63) is 0 Å². The summed E-state index contributed by atoms with van der Waals surface area (Å²) in [5.41, 5.74) is 0. The molecule has 2 heterocycles. The minimum absolute atomic E-state index is 0.0482. The van der Waals surface area contributed by atoms with Crippen LogP contribution in [0.3, 0.4) is 0 Å². The minimum Gasteiger partial charge on any atom is -0.368 e. The summed E-state index contributed by atoms with van der Waals surface area (Å²) in [5.74, 6) is -0.0963. The van der Waals surface area contributed by atoms with Gasteiger partial charge in [0.25, 0.3) is 5.91 Å². The van der Waals surface area contributed by atoms with Crippen LogP contribution in [0, 0.1) is 11.3 Å². The third-order valence-corrected chi connectivity index (χ3v) is 3.60. The van der Waals surface area contributed by atoms with Crippen molar-refractivity contribution in [3.63, 3.8) is 0 Å². The summed E-state index contributed by atoms with van der Waals surface area (Å²) in [5, 5.41) is 8.54. The number of rotatable bonds is 2. The zero-order valence-electron chi connectivity index (χ0n) is 11.0. The Labute approximate surface area is 112 Å². The van der Waals surface area contributed by atoms with E-state index in [-0.39, 0.29) is 24.3 Å². The van der Waals surface area contributed by atoms with E-state index in [1.807, 2.05) is 6.07 Å². The predicted molar refractivity (Wildman–Crippen MR) is 67.0 cm³/mol. The fourth-order valence-electron chi connectivity index (χ4n) is 2.54. The third kappa shape index (κ3) is 3.44. The van der Waals surface area contributed by atoms with Gasteiger partial charge in [-0.1, -0.05) is 0 Å². The molecule has 6 nitrogen and oxygen atoms in total. The first-order valence-corrected chi connectivity index (χ1v) is 6.77. The first-order chi connectivity index (χ1) is 9.22. The van der Waals surface area contributed by atoms with Crippen LogP contribution in [0.25, 0.3) is 0 Å². The number of nitrogens with zero attached hydrogens (tertiary/aromatic N) is 3. The van der Waals surface area contributed by atoms with E-state index >= 15 is 0 Å². The van der Waals surface area contributed by atoms with E-state index in [9.17, 15) is 9.59 Å². The number of ether oxygens (including phenoxy) is 1. The molecule has 2 aliphatic heterocycles. The Balaban J connectivity index is 1.87. The second-order valence-corrected chi connectivity index (χ2v) is 4.90. The highest BCUT2D eigenvalue weighted by molar-refractivity contribution is 5.81. The van der Waals surface area contributed by atoms with Crippen molar-refractivity contribution in [2.75, 3.05) is 32.8 Å². The summed E-state index contributed by atoms with van der Waals surface area (Å²) in [6.45, 7) is 3.00. The van der Waals surface area contributed by atoms with Crippen molar-refractivity contribution >= 4 is 11.8 Å². The van der Waals surface area contributed by atoms with Gasteiger partial charge >= 0.3 is 0 Å². The lowest BCUT2D eigenvalue weighted by Crippen LogP contribution is -2.41. The van der Waals surface area contributed by atoms with Crippen LogP contribution in [-0.4, -0.2) is 60.5 Å². The molecule has 0 aromatic heterocycles. The normalized spacial score (nSPS) is 23.8. The van der Waals surface area contributed by atoms with Gasteiger partial charge in [-0.25, -0.2) is 0 Å². The van der Waals surface area contributed by atoms with Crippen LogP contribution in [0.5, 0.6) is 0 Å². The number of amides is 2. The molecular weight excluding hydrogens is 246 g/mol. The lowest BCUT2D eigenvalue weighted by Gasteiger charge is -2.24. The molecule has 0 radical (unpaired) electrons. The molecule has 0 bridgehead atoms. The third-order valence-electron chi connectivity index (χ3n) is 3.60. The second kappa shape index (κ2) is 6.53. The van der Waals surface area contributed by atoms with E-state index in [1.54, 1.807) is 9.80 Å². The molecular formula is C13H19N3O3. The quantitative estimate of drug-likeness (QED) is 0.712. The van der Waals surface area contributed by atoms with Crippen LogP contribution in [0.2, 0.25) is 0 Å². The number of nitriles is 1. The maximum atomic E-state index is 12.2. The predicted octanol–water partition coefficient (Wildman–Crippen LogP) is 0.140. The Morgan fingerprint density at radius 2 is 1.89 bits per heavy atom. The lowest BCUT2D eigenvalue weighted by molar-refractivity contribution is -0.141. The Morgan fingerprint density at radius 3 is 2.58 bits per heavy atom. The standard InChI is InChI=1S/C13H19N3O3/c14-5-4-12(17)15-6-2-7-16(9-8-15)13(18)11-3-1-10-19-11/h11H,1-4,6-10H2.